The summed E-state index contributed by atoms with van der Waals surface area (Å²) in [5, 5.41) is 0. The lowest BCUT2D eigenvalue weighted by Crippen LogP contribution is -2.27. The average molecular weight is 357 g/mol. The molecule has 0 aliphatic rings. The molecule has 1 aromatic carbocycles. The van der Waals surface area contributed by atoms with E-state index in [0.29, 0.717) is 16.0 Å². The molecule has 2 rings (SSSR count). The molecule has 106 valence electrons. The molecule has 0 saturated heterocycles. The molecule has 0 unspecified atom stereocenters. The molecule has 0 saturated carbocycles. The van der Waals surface area contributed by atoms with Gasteiger partial charge in [0.15, 0.2) is 0 Å². The molecule has 0 aliphatic carbocycles. The fourth-order valence-electron chi connectivity index (χ4n) is 1.63. The zero-order valence-corrected chi connectivity index (χ0v) is 13.3. The Bertz CT molecular complexity index is 705. The molecule has 0 atom stereocenters. The number of benzene rings is 1. The van der Waals surface area contributed by atoms with E-state index in [4.69, 9.17) is 4.74 Å². The lowest BCUT2D eigenvalue weighted by atomic mass is 10.3. The highest BCUT2D eigenvalue weighted by Crippen LogP contribution is 2.29. The van der Waals surface area contributed by atoms with Crippen molar-refractivity contribution >= 4 is 31.8 Å². The third-order valence-electron chi connectivity index (χ3n) is 2.75. The van der Waals surface area contributed by atoms with E-state index in [1.165, 1.54) is 26.3 Å². The fraction of sp³-hybridized carbons (Fsp3) is 0.154. The van der Waals surface area contributed by atoms with E-state index in [1.807, 2.05) is 0 Å². The molecule has 0 bridgehead atoms. The normalized spacial score (nSPS) is 11.2. The van der Waals surface area contributed by atoms with Gasteiger partial charge >= 0.3 is 0 Å². The Morgan fingerprint density at radius 3 is 2.55 bits per heavy atom. The second kappa shape index (κ2) is 5.80. The van der Waals surface area contributed by atoms with E-state index >= 15 is 0 Å². The first-order valence-corrected chi connectivity index (χ1v) is 7.93. The lowest BCUT2D eigenvalue weighted by Gasteiger charge is -2.18. The van der Waals surface area contributed by atoms with Gasteiger partial charge in [0.1, 0.15) is 11.6 Å². The van der Waals surface area contributed by atoms with Crippen LogP contribution in [-0.4, -0.2) is 27.6 Å². The molecular weight excluding hydrogens is 344 g/mol. The summed E-state index contributed by atoms with van der Waals surface area (Å²) in [5.74, 6) is 0.934. The van der Waals surface area contributed by atoms with Crippen LogP contribution >= 0.6 is 15.9 Å². The maximum absolute atomic E-state index is 12.5. The maximum Gasteiger partial charge on any atom is 0.265 e. The number of anilines is 1. The number of sulfonamides is 1. The molecule has 7 heteroatoms. The average Bonchev–Trinajstić information content (AvgIpc) is 2.47. The van der Waals surface area contributed by atoms with E-state index < -0.39 is 10.0 Å². The Morgan fingerprint density at radius 2 is 2.00 bits per heavy atom. The summed E-state index contributed by atoms with van der Waals surface area (Å²) in [5.41, 5.74) is 0. The molecule has 0 amide bonds. The highest BCUT2D eigenvalue weighted by Gasteiger charge is 2.22. The zero-order valence-electron chi connectivity index (χ0n) is 10.9. The van der Waals surface area contributed by atoms with Gasteiger partial charge in [-0.3, -0.25) is 4.31 Å². The Morgan fingerprint density at radius 1 is 1.25 bits per heavy atom. The van der Waals surface area contributed by atoms with E-state index in [9.17, 15) is 8.42 Å². The van der Waals surface area contributed by atoms with Gasteiger partial charge in [0.2, 0.25) is 0 Å². The lowest BCUT2D eigenvalue weighted by molar-refractivity contribution is 0.411. The van der Waals surface area contributed by atoms with Gasteiger partial charge in [-0.2, -0.15) is 0 Å². The van der Waals surface area contributed by atoms with Gasteiger partial charge in [-0.1, -0.05) is 6.07 Å². The summed E-state index contributed by atoms with van der Waals surface area (Å²) >= 11 is 3.28. The molecule has 0 spiro atoms. The van der Waals surface area contributed by atoms with Crippen molar-refractivity contribution in [2.75, 3.05) is 18.5 Å². The summed E-state index contributed by atoms with van der Waals surface area (Å²) in [7, 11) is -0.664. The van der Waals surface area contributed by atoms with Crippen molar-refractivity contribution < 1.29 is 13.2 Å². The topological polar surface area (TPSA) is 59.5 Å². The number of nitrogens with zero attached hydrogens (tertiary/aromatic N) is 2. The quantitative estimate of drug-likeness (QED) is 0.844. The molecule has 20 heavy (non-hydrogen) atoms. The van der Waals surface area contributed by atoms with E-state index in [1.54, 1.807) is 30.5 Å². The minimum atomic E-state index is -3.65. The fourth-order valence-corrected chi connectivity index (χ4v) is 3.50. The molecule has 0 radical (unpaired) electrons. The van der Waals surface area contributed by atoms with Crippen molar-refractivity contribution in [2.45, 2.75) is 4.90 Å². The molecule has 0 fully saturated rings. The van der Waals surface area contributed by atoms with Crippen molar-refractivity contribution in [3.8, 4) is 5.75 Å². The number of ether oxygens (including phenoxy) is 1. The Balaban J connectivity index is 2.43. The van der Waals surface area contributed by atoms with Gasteiger partial charge in [-0.15, -0.1) is 0 Å². The number of halogens is 1. The Kier molecular flexibility index (Phi) is 4.29. The molecule has 2 aromatic rings. The van der Waals surface area contributed by atoms with Crippen molar-refractivity contribution in [1.82, 2.24) is 4.98 Å². The van der Waals surface area contributed by atoms with Crippen LogP contribution in [-0.2, 0) is 10.0 Å². The molecule has 1 aromatic heterocycles. The van der Waals surface area contributed by atoms with Crippen LogP contribution in [0.4, 0.5) is 5.82 Å². The second-order valence-corrected chi connectivity index (χ2v) is 6.78. The van der Waals surface area contributed by atoms with Crippen LogP contribution in [0.5, 0.6) is 5.75 Å². The first kappa shape index (κ1) is 14.8. The van der Waals surface area contributed by atoms with E-state index in [2.05, 4.69) is 20.9 Å². The van der Waals surface area contributed by atoms with Crippen molar-refractivity contribution in [3.05, 3.63) is 47.1 Å². The van der Waals surface area contributed by atoms with Crippen molar-refractivity contribution in [3.63, 3.8) is 0 Å². The summed E-state index contributed by atoms with van der Waals surface area (Å²) < 4.78 is 31.8. The Hall–Kier alpha value is -1.60. The highest BCUT2D eigenvalue weighted by molar-refractivity contribution is 9.10. The van der Waals surface area contributed by atoms with Crippen LogP contribution in [0.3, 0.4) is 0 Å². The van der Waals surface area contributed by atoms with Gasteiger partial charge in [0, 0.05) is 13.2 Å². The van der Waals surface area contributed by atoms with Crippen LogP contribution < -0.4 is 9.04 Å². The molecular formula is C13H13BrN2O3S. The van der Waals surface area contributed by atoms with Crippen molar-refractivity contribution in [2.24, 2.45) is 0 Å². The summed E-state index contributed by atoms with van der Waals surface area (Å²) in [4.78, 5) is 4.20. The number of aromatic nitrogens is 1. The monoisotopic (exact) mass is 356 g/mol. The van der Waals surface area contributed by atoms with Crippen LogP contribution in [0.15, 0.2) is 52.0 Å². The van der Waals surface area contributed by atoms with E-state index in [-0.39, 0.29) is 4.90 Å². The van der Waals surface area contributed by atoms with Gasteiger partial charge in [0.25, 0.3) is 10.0 Å². The predicted octanol–water partition coefficient (Wildman–Crippen LogP) is 2.68. The SMILES string of the molecule is COc1ccc(S(=O)(=O)N(C)c2ccccn2)cc1Br. The molecule has 5 nitrogen and oxygen atoms in total. The number of rotatable bonds is 4. The largest absolute Gasteiger partial charge is 0.496 e. The van der Waals surface area contributed by atoms with Crippen LogP contribution in [0.1, 0.15) is 0 Å². The molecule has 0 aliphatic heterocycles. The number of hydrogen-bond donors (Lipinski definition) is 0. The number of methoxy groups -OCH3 is 1. The number of hydrogen-bond acceptors (Lipinski definition) is 4. The molecule has 0 N–H and O–H groups in total. The smallest absolute Gasteiger partial charge is 0.265 e. The minimum Gasteiger partial charge on any atom is -0.496 e. The van der Waals surface area contributed by atoms with Gasteiger partial charge in [0.05, 0.1) is 16.5 Å². The van der Waals surface area contributed by atoms with Crippen LogP contribution in [0.25, 0.3) is 0 Å². The van der Waals surface area contributed by atoms with E-state index in [0.717, 1.165) is 4.31 Å². The third kappa shape index (κ3) is 2.78. The Labute approximate surface area is 126 Å². The van der Waals surface area contributed by atoms with Crippen LogP contribution in [0, 0.1) is 0 Å². The number of pyridine rings is 1. The first-order chi connectivity index (χ1) is 9.46. The van der Waals surface area contributed by atoms with Gasteiger partial charge in [-0.05, 0) is 46.3 Å². The third-order valence-corrected chi connectivity index (χ3v) is 5.13. The highest BCUT2D eigenvalue weighted by atomic mass is 79.9. The standard InChI is InChI=1S/C13H13BrN2O3S/c1-16(13-5-3-4-8-15-13)20(17,18)10-6-7-12(19-2)11(14)9-10/h3-9H,1-2H3. The first-order valence-electron chi connectivity index (χ1n) is 5.70. The van der Waals surface area contributed by atoms with Crippen molar-refractivity contribution in [1.29, 1.82) is 0 Å². The van der Waals surface area contributed by atoms with Crippen LogP contribution in [0.2, 0.25) is 0 Å². The predicted molar refractivity (Wildman–Crippen MR) is 80.5 cm³/mol. The van der Waals surface area contributed by atoms with Gasteiger partial charge < -0.3 is 4.74 Å². The molecule has 1 heterocycles. The summed E-state index contributed by atoms with van der Waals surface area (Å²) in [6, 6.07) is 9.71. The minimum absolute atomic E-state index is 0.165. The summed E-state index contributed by atoms with van der Waals surface area (Å²) in [6.07, 6.45) is 1.55. The summed E-state index contributed by atoms with van der Waals surface area (Å²) in [6.45, 7) is 0. The van der Waals surface area contributed by atoms with Gasteiger partial charge in [-0.25, -0.2) is 13.4 Å². The zero-order chi connectivity index (χ0) is 14.8. The maximum atomic E-state index is 12.5. The second-order valence-electron chi connectivity index (χ2n) is 3.96.